The Kier molecular flexibility index (Phi) is 5.83. The van der Waals surface area contributed by atoms with E-state index >= 15 is 0 Å². The largest absolute Gasteiger partial charge is 0.379 e. The van der Waals surface area contributed by atoms with Gasteiger partial charge in [0.25, 0.3) is 0 Å². The van der Waals surface area contributed by atoms with Gasteiger partial charge in [0, 0.05) is 25.2 Å². The smallest absolute Gasteiger partial charge is 0.240 e. The fourth-order valence-electron chi connectivity index (χ4n) is 4.05. The Morgan fingerprint density at radius 3 is 2.40 bits per heavy atom. The molecule has 0 unspecified atom stereocenters. The van der Waals surface area contributed by atoms with E-state index in [0.29, 0.717) is 11.4 Å². The second-order valence-corrected chi connectivity index (χ2v) is 9.22. The molecule has 25 heavy (non-hydrogen) atoms. The highest BCUT2D eigenvalue weighted by Crippen LogP contribution is 2.34. The van der Waals surface area contributed by atoms with Crippen molar-refractivity contribution >= 4 is 10.0 Å². The van der Waals surface area contributed by atoms with Gasteiger partial charge in [-0.05, 0) is 49.9 Å². The second-order valence-electron chi connectivity index (χ2n) is 7.46. The Labute approximate surface area is 151 Å². The summed E-state index contributed by atoms with van der Waals surface area (Å²) in [5.74, 6) is 0. The van der Waals surface area contributed by atoms with E-state index in [4.69, 9.17) is 4.74 Å². The zero-order valence-electron chi connectivity index (χ0n) is 15.4. The molecule has 0 bridgehead atoms. The summed E-state index contributed by atoms with van der Waals surface area (Å²) in [6.45, 7) is 7.70. The van der Waals surface area contributed by atoms with Crippen LogP contribution >= 0.6 is 0 Å². The van der Waals surface area contributed by atoms with Crippen LogP contribution in [0.15, 0.2) is 23.1 Å². The Balaban J connectivity index is 1.76. The van der Waals surface area contributed by atoms with E-state index < -0.39 is 10.0 Å². The maximum absolute atomic E-state index is 12.8. The molecule has 1 heterocycles. The normalized spacial score (nSPS) is 22.0. The molecule has 6 heteroatoms. The minimum Gasteiger partial charge on any atom is -0.379 e. The first-order valence-electron chi connectivity index (χ1n) is 9.33. The lowest BCUT2D eigenvalue weighted by atomic mass is 9.80. The van der Waals surface area contributed by atoms with Gasteiger partial charge in [0.05, 0.1) is 18.1 Å². The predicted molar refractivity (Wildman–Crippen MR) is 99.3 cm³/mol. The van der Waals surface area contributed by atoms with Gasteiger partial charge in [0.2, 0.25) is 10.0 Å². The summed E-state index contributed by atoms with van der Waals surface area (Å²) in [7, 11) is -3.48. The first kappa shape index (κ1) is 18.8. The molecule has 1 saturated heterocycles. The van der Waals surface area contributed by atoms with Crippen LogP contribution in [-0.2, 0) is 14.8 Å². The van der Waals surface area contributed by atoms with Gasteiger partial charge >= 0.3 is 0 Å². The molecule has 0 radical (unpaired) electrons. The minimum absolute atomic E-state index is 0.0607. The van der Waals surface area contributed by atoms with Crippen LogP contribution in [0.2, 0.25) is 0 Å². The first-order valence-corrected chi connectivity index (χ1v) is 10.8. The molecule has 1 aliphatic heterocycles. The van der Waals surface area contributed by atoms with Gasteiger partial charge in [-0.15, -0.1) is 0 Å². The molecule has 1 N–H and O–H groups in total. The minimum atomic E-state index is -3.48. The van der Waals surface area contributed by atoms with E-state index in [1.54, 1.807) is 12.1 Å². The number of rotatable bonds is 5. The van der Waals surface area contributed by atoms with Crippen LogP contribution in [0.5, 0.6) is 0 Å². The Bertz CT molecular complexity index is 691. The lowest BCUT2D eigenvalue weighted by Gasteiger charge is -2.48. The molecule has 2 aliphatic rings. The summed E-state index contributed by atoms with van der Waals surface area (Å²) in [6, 6.07) is 5.34. The van der Waals surface area contributed by atoms with Gasteiger partial charge in [0.15, 0.2) is 0 Å². The second kappa shape index (κ2) is 7.74. The molecule has 3 rings (SSSR count). The number of morpholine rings is 1. The highest BCUT2D eigenvalue weighted by molar-refractivity contribution is 7.89. The van der Waals surface area contributed by atoms with Crippen molar-refractivity contribution in [2.45, 2.75) is 56.4 Å². The molecule has 2 fully saturated rings. The van der Waals surface area contributed by atoms with E-state index in [9.17, 15) is 8.42 Å². The van der Waals surface area contributed by atoms with Crippen molar-refractivity contribution in [2.75, 3.05) is 32.8 Å². The number of nitrogens with one attached hydrogen (secondary N) is 1. The fourth-order valence-corrected chi connectivity index (χ4v) is 5.25. The zero-order valence-corrected chi connectivity index (χ0v) is 16.2. The van der Waals surface area contributed by atoms with Crippen molar-refractivity contribution in [2.24, 2.45) is 0 Å². The predicted octanol–water partition coefficient (Wildman–Crippen LogP) is 2.62. The number of nitrogens with zero attached hydrogens (tertiary/aromatic N) is 1. The van der Waals surface area contributed by atoms with Crippen molar-refractivity contribution in [3.63, 3.8) is 0 Å². The molecular weight excluding hydrogens is 336 g/mol. The van der Waals surface area contributed by atoms with Crippen molar-refractivity contribution in [1.82, 2.24) is 9.62 Å². The van der Waals surface area contributed by atoms with Crippen LogP contribution in [-0.4, -0.2) is 51.7 Å². The molecule has 140 valence electrons. The summed E-state index contributed by atoms with van der Waals surface area (Å²) in [5, 5.41) is 0. The van der Waals surface area contributed by atoms with Crippen LogP contribution in [0.3, 0.4) is 0 Å². The van der Waals surface area contributed by atoms with Gasteiger partial charge < -0.3 is 4.74 Å². The van der Waals surface area contributed by atoms with Crippen molar-refractivity contribution in [1.29, 1.82) is 0 Å². The Morgan fingerprint density at radius 2 is 1.76 bits per heavy atom. The SMILES string of the molecule is Cc1ccc(S(=O)(=O)NCC2(N3CCOCC3)CCCCC2)cc1C. The quantitative estimate of drug-likeness (QED) is 0.870. The van der Waals surface area contributed by atoms with Crippen LogP contribution in [0, 0.1) is 13.8 Å². The molecule has 1 aliphatic carbocycles. The average molecular weight is 367 g/mol. The van der Waals surface area contributed by atoms with E-state index in [1.165, 1.54) is 19.3 Å². The number of hydrogen-bond acceptors (Lipinski definition) is 4. The van der Waals surface area contributed by atoms with Crippen LogP contribution < -0.4 is 4.72 Å². The topological polar surface area (TPSA) is 58.6 Å². The first-order chi connectivity index (χ1) is 11.9. The molecule has 0 atom stereocenters. The molecule has 1 aromatic rings. The number of aryl methyl sites for hydroxylation is 2. The highest BCUT2D eigenvalue weighted by Gasteiger charge is 2.39. The van der Waals surface area contributed by atoms with Gasteiger partial charge in [-0.3, -0.25) is 4.90 Å². The maximum atomic E-state index is 12.8. The molecule has 1 aromatic carbocycles. The van der Waals surface area contributed by atoms with Gasteiger partial charge in [-0.25, -0.2) is 13.1 Å². The lowest BCUT2D eigenvalue weighted by Crippen LogP contribution is -2.59. The van der Waals surface area contributed by atoms with Gasteiger partial charge in [0.1, 0.15) is 0 Å². The standard InChI is InChI=1S/C19H30N2O3S/c1-16-6-7-18(14-17(16)2)25(22,23)20-15-19(8-4-3-5-9-19)21-10-12-24-13-11-21/h6-7,14,20H,3-5,8-13,15H2,1-2H3. The highest BCUT2D eigenvalue weighted by atomic mass is 32.2. The maximum Gasteiger partial charge on any atom is 0.240 e. The van der Waals surface area contributed by atoms with Gasteiger partial charge in [-0.2, -0.15) is 0 Å². The van der Waals surface area contributed by atoms with Crippen LogP contribution in [0.25, 0.3) is 0 Å². The van der Waals surface area contributed by atoms with Crippen LogP contribution in [0.1, 0.15) is 43.2 Å². The monoisotopic (exact) mass is 366 g/mol. The van der Waals surface area contributed by atoms with E-state index in [-0.39, 0.29) is 5.54 Å². The molecule has 5 nitrogen and oxygen atoms in total. The molecular formula is C19H30N2O3S. The molecule has 1 saturated carbocycles. The summed E-state index contributed by atoms with van der Waals surface area (Å²) in [4.78, 5) is 2.82. The third-order valence-corrected chi connectivity index (χ3v) is 7.25. The van der Waals surface area contributed by atoms with E-state index in [1.807, 2.05) is 19.9 Å². The van der Waals surface area contributed by atoms with Crippen LogP contribution in [0.4, 0.5) is 0 Å². The third kappa shape index (κ3) is 4.25. The van der Waals surface area contributed by atoms with Crippen molar-refractivity contribution < 1.29 is 13.2 Å². The number of hydrogen-bond donors (Lipinski definition) is 1. The summed E-state index contributed by atoms with van der Waals surface area (Å²) in [6.07, 6.45) is 5.70. The Hall–Kier alpha value is -0.950. The molecule has 0 amide bonds. The number of sulfonamides is 1. The van der Waals surface area contributed by atoms with Crippen molar-refractivity contribution in [3.05, 3.63) is 29.3 Å². The molecule has 0 aromatic heterocycles. The summed E-state index contributed by atoms with van der Waals surface area (Å²) < 4.78 is 34.0. The summed E-state index contributed by atoms with van der Waals surface area (Å²) >= 11 is 0. The number of ether oxygens (including phenoxy) is 1. The fraction of sp³-hybridized carbons (Fsp3) is 0.684. The van der Waals surface area contributed by atoms with Crippen molar-refractivity contribution in [3.8, 4) is 0 Å². The van der Waals surface area contributed by atoms with Gasteiger partial charge in [-0.1, -0.05) is 25.3 Å². The third-order valence-electron chi connectivity index (χ3n) is 5.85. The number of benzene rings is 1. The summed E-state index contributed by atoms with van der Waals surface area (Å²) in [5.41, 5.74) is 2.05. The van der Waals surface area contributed by atoms with E-state index in [2.05, 4.69) is 9.62 Å². The Morgan fingerprint density at radius 1 is 1.08 bits per heavy atom. The average Bonchev–Trinajstić information content (AvgIpc) is 2.64. The lowest BCUT2D eigenvalue weighted by molar-refractivity contribution is -0.0348. The molecule has 0 spiro atoms. The zero-order chi connectivity index (χ0) is 17.9. The van der Waals surface area contributed by atoms with E-state index in [0.717, 1.165) is 50.3 Å².